The van der Waals surface area contributed by atoms with E-state index < -0.39 is 0 Å². The van der Waals surface area contributed by atoms with E-state index in [2.05, 4.69) is 0 Å². The zero-order valence-electron chi connectivity index (χ0n) is 8.38. The molecule has 2 aromatic rings. The largest absolute Gasteiger partial charge is 0.454 e. The van der Waals surface area contributed by atoms with E-state index in [1.165, 1.54) is 6.07 Å². The Hall–Kier alpha value is -0.600. The molecule has 0 radical (unpaired) electrons. The maximum absolute atomic E-state index is 5.99. The molecule has 0 unspecified atom stereocenters. The zero-order chi connectivity index (χ0) is 12.4. The van der Waals surface area contributed by atoms with Crippen LogP contribution in [0.2, 0.25) is 20.1 Å². The molecule has 0 saturated heterocycles. The summed E-state index contributed by atoms with van der Waals surface area (Å²) in [6, 6.07) is 10.2. The van der Waals surface area contributed by atoms with Crippen molar-refractivity contribution in [1.82, 2.24) is 0 Å². The van der Waals surface area contributed by atoms with Gasteiger partial charge in [0.25, 0.3) is 0 Å². The van der Waals surface area contributed by atoms with Crippen molar-refractivity contribution in [1.29, 1.82) is 0 Å². The third-order valence-electron chi connectivity index (χ3n) is 2.03. The van der Waals surface area contributed by atoms with Gasteiger partial charge in [0.2, 0.25) is 0 Å². The Labute approximate surface area is 119 Å². The van der Waals surface area contributed by atoms with Crippen molar-refractivity contribution in [2.24, 2.45) is 0 Å². The summed E-state index contributed by atoms with van der Waals surface area (Å²) in [5.74, 6) is 0.920. The van der Waals surface area contributed by atoms with Crippen LogP contribution < -0.4 is 4.74 Å². The lowest BCUT2D eigenvalue weighted by Gasteiger charge is -2.09. The summed E-state index contributed by atoms with van der Waals surface area (Å²) in [5.41, 5.74) is 0. The minimum Gasteiger partial charge on any atom is -0.454 e. The molecule has 0 aliphatic heterocycles. The molecule has 2 aromatic carbocycles. The van der Waals surface area contributed by atoms with Crippen molar-refractivity contribution in [2.45, 2.75) is 0 Å². The standard InChI is InChI=1S/C12H6Cl4O/c13-7-3-1-2-4-11(7)17-12-6-9(15)8(14)5-10(12)16/h1-6H. The van der Waals surface area contributed by atoms with Crippen LogP contribution in [0.15, 0.2) is 36.4 Å². The van der Waals surface area contributed by atoms with Crippen molar-refractivity contribution in [3.8, 4) is 11.5 Å². The summed E-state index contributed by atoms with van der Waals surface area (Å²) < 4.78 is 5.57. The van der Waals surface area contributed by atoms with E-state index >= 15 is 0 Å². The van der Waals surface area contributed by atoms with Crippen molar-refractivity contribution < 1.29 is 4.74 Å². The molecule has 0 aliphatic rings. The van der Waals surface area contributed by atoms with Gasteiger partial charge in [-0.05, 0) is 18.2 Å². The normalized spacial score (nSPS) is 10.4. The van der Waals surface area contributed by atoms with Crippen LogP contribution in [0.4, 0.5) is 0 Å². The van der Waals surface area contributed by atoms with Crippen LogP contribution in [0.5, 0.6) is 11.5 Å². The van der Waals surface area contributed by atoms with Gasteiger partial charge in [0.05, 0.1) is 20.1 Å². The quantitative estimate of drug-likeness (QED) is 0.610. The van der Waals surface area contributed by atoms with Crippen LogP contribution in [0, 0.1) is 0 Å². The van der Waals surface area contributed by atoms with Crippen LogP contribution in [0.3, 0.4) is 0 Å². The first-order valence-corrected chi connectivity index (χ1v) is 6.16. The second kappa shape index (κ2) is 5.36. The highest BCUT2D eigenvalue weighted by Gasteiger charge is 2.09. The SMILES string of the molecule is Clc1cc(Cl)c(Oc2ccccc2Cl)cc1Cl. The number of halogens is 4. The third kappa shape index (κ3) is 2.99. The molecule has 0 atom stereocenters. The van der Waals surface area contributed by atoms with Gasteiger partial charge >= 0.3 is 0 Å². The number of benzene rings is 2. The minimum atomic E-state index is 0.373. The first-order chi connectivity index (χ1) is 8.08. The number of para-hydroxylation sites is 1. The Morgan fingerprint density at radius 3 is 2.00 bits per heavy atom. The predicted molar refractivity (Wildman–Crippen MR) is 73.0 cm³/mol. The van der Waals surface area contributed by atoms with Crippen molar-refractivity contribution in [2.75, 3.05) is 0 Å². The first-order valence-electron chi connectivity index (χ1n) is 4.65. The van der Waals surface area contributed by atoms with Crippen LogP contribution in [-0.2, 0) is 0 Å². The highest BCUT2D eigenvalue weighted by molar-refractivity contribution is 6.43. The molecule has 0 fully saturated rings. The fraction of sp³-hybridized carbons (Fsp3) is 0. The predicted octanol–water partition coefficient (Wildman–Crippen LogP) is 6.09. The third-order valence-corrected chi connectivity index (χ3v) is 3.36. The molecule has 0 N–H and O–H groups in total. The van der Waals surface area contributed by atoms with Gasteiger partial charge in [0.1, 0.15) is 11.5 Å². The Balaban J connectivity index is 2.37. The van der Waals surface area contributed by atoms with Gasteiger partial charge < -0.3 is 4.74 Å². The van der Waals surface area contributed by atoms with Crippen molar-refractivity contribution in [3.05, 3.63) is 56.5 Å². The lowest BCUT2D eigenvalue weighted by molar-refractivity contribution is 0.483. The molecule has 0 aliphatic carbocycles. The van der Waals surface area contributed by atoms with Crippen molar-refractivity contribution in [3.63, 3.8) is 0 Å². The molecule has 0 bridgehead atoms. The summed E-state index contributed by atoms with van der Waals surface area (Å²) in [6.45, 7) is 0. The first kappa shape index (κ1) is 12.8. The van der Waals surface area contributed by atoms with Crippen LogP contribution in [0.25, 0.3) is 0 Å². The lowest BCUT2D eigenvalue weighted by Crippen LogP contribution is -1.86. The highest BCUT2D eigenvalue weighted by atomic mass is 35.5. The van der Waals surface area contributed by atoms with Gasteiger partial charge in [-0.15, -0.1) is 0 Å². The summed E-state index contributed by atoms with van der Waals surface area (Å²) >= 11 is 23.7. The van der Waals surface area contributed by atoms with E-state index in [-0.39, 0.29) is 0 Å². The molecular formula is C12H6Cl4O. The topological polar surface area (TPSA) is 9.23 Å². The zero-order valence-corrected chi connectivity index (χ0v) is 11.4. The molecule has 0 saturated carbocycles. The summed E-state index contributed by atoms with van der Waals surface area (Å²) in [4.78, 5) is 0. The summed E-state index contributed by atoms with van der Waals surface area (Å²) in [5, 5.41) is 1.62. The molecular weight excluding hydrogens is 302 g/mol. The second-order valence-electron chi connectivity index (χ2n) is 3.23. The average molecular weight is 308 g/mol. The molecule has 1 nitrogen and oxygen atoms in total. The van der Waals surface area contributed by atoms with E-state index in [4.69, 9.17) is 51.1 Å². The fourth-order valence-corrected chi connectivity index (χ4v) is 1.98. The second-order valence-corrected chi connectivity index (χ2v) is 4.86. The van der Waals surface area contributed by atoms with Gasteiger partial charge in [-0.3, -0.25) is 0 Å². The van der Waals surface area contributed by atoms with E-state index in [0.717, 1.165) is 0 Å². The minimum absolute atomic E-state index is 0.373. The van der Waals surface area contributed by atoms with Crippen LogP contribution in [-0.4, -0.2) is 0 Å². The Morgan fingerprint density at radius 1 is 0.647 bits per heavy atom. The maximum atomic E-state index is 5.99. The monoisotopic (exact) mass is 306 g/mol. The molecule has 0 aromatic heterocycles. The Kier molecular flexibility index (Phi) is 4.05. The Bertz CT molecular complexity index is 554. The maximum Gasteiger partial charge on any atom is 0.147 e. The average Bonchev–Trinajstić information content (AvgIpc) is 2.29. The van der Waals surface area contributed by atoms with Crippen LogP contribution in [0.1, 0.15) is 0 Å². The lowest BCUT2D eigenvalue weighted by atomic mass is 10.3. The van der Waals surface area contributed by atoms with Gasteiger partial charge in [-0.1, -0.05) is 58.5 Å². The number of hydrogen-bond acceptors (Lipinski definition) is 1. The van der Waals surface area contributed by atoms with Crippen LogP contribution >= 0.6 is 46.4 Å². The molecule has 0 spiro atoms. The van der Waals surface area contributed by atoms with Gasteiger partial charge in [0, 0.05) is 6.07 Å². The number of rotatable bonds is 2. The molecule has 5 heteroatoms. The summed E-state index contributed by atoms with van der Waals surface area (Å²) in [7, 11) is 0. The molecule has 88 valence electrons. The van der Waals surface area contributed by atoms with Gasteiger partial charge in [-0.2, -0.15) is 0 Å². The molecule has 2 rings (SSSR count). The number of hydrogen-bond donors (Lipinski definition) is 0. The number of ether oxygens (including phenoxy) is 1. The van der Waals surface area contributed by atoms with E-state index in [9.17, 15) is 0 Å². The fourth-order valence-electron chi connectivity index (χ4n) is 1.23. The van der Waals surface area contributed by atoms with E-state index in [0.29, 0.717) is 31.6 Å². The van der Waals surface area contributed by atoms with E-state index in [1.54, 1.807) is 18.2 Å². The van der Waals surface area contributed by atoms with Gasteiger partial charge in [-0.25, -0.2) is 0 Å². The molecule has 0 heterocycles. The summed E-state index contributed by atoms with van der Waals surface area (Å²) in [6.07, 6.45) is 0. The van der Waals surface area contributed by atoms with Gasteiger partial charge in [0.15, 0.2) is 0 Å². The molecule has 17 heavy (non-hydrogen) atoms. The van der Waals surface area contributed by atoms with E-state index in [1.807, 2.05) is 12.1 Å². The molecule has 0 amide bonds. The smallest absolute Gasteiger partial charge is 0.147 e. The Morgan fingerprint density at radius 2 is 1.29 bits per heavy atom. The van der Waals surface area contributed by atoms with Crippen molar-refractivity contribution >= 4 is 46.4 Å². The highest BCUT2D eigenvalue weighted by Crippen LogP contribution is 2.38.